The molecule has 0 atom stereocenters. The number of Topliss-reactive ketones (excluding diaryl/α,β-unsaturated/α-hetero) is 1. The van der Waals surface area contributed by atoms with Crippen LogP contribution < -0.4 is 4.74 Å². The summed E-state index contributed by atoms with van der Waals surface area (Å²) in [5.74, 6) is -0.353. The first kappa shape index (κ1) is 20.6. The van der Waals surface area contributed by atoms with E-state index in [1.54, 1.807) is 43.0 Å². The number of aromatic nitrogens is 2. The standard InChI is InChI=1S/C22H21ClN2O4/c1-14-4-6-16(7-5-14)12-25-21(23)20(15(2)24-25)22(27)29-13-19(26)17-8-10-18(28-3)11-9-17/h4-11H,12-13H2,1-3H3. The number of hydrogen-bond donors (Lipinski definition) is 0. The maximum atomic E-state index is 12.5. The van der Waals surface area contributed by atoms with Crippen molar-refractivity contribution in [1.82, 2.24) is 9.78 Å². The van der Waals surface area contributed by atoms with E-state index in [1.807, 2.05) is 31.2 Å². The summed E-state index contributed by atoms with van der Waals surface area (Å²) in [5.41, 5.74) is 3.21. The van der Waals surface area contributed by atoms with Gasteiger partial charge in [-0.15, -0.1) is 0 Å². The first-order chi connectivity index (χ1) is 13.9. The van der Waals surface area contributed by atoms with Gasteiger partial charge in [-0.25, -0.2) is 9.48 Å². The Balaban J connectivity index is 1.68. The van der Waals surface area contributed by atoms with Gasteiger partial charge in [-0.05, 0) is 43.7 Å². The maximum Gasteiger partial charge on any atom is 0.343 e. The minimum atomic E-state index is -0.676. The molecule has 0 unspecified atom stereocenters. The molecule has 1 aromatic heterocycles. The zero-order valence-corrected chi connectivity index (χ0v) is 17.2. The number of methoxy groups -OCH3 is 1. The minimum Gasteiger partial charge on any atom is -0.497 e. The number of esters is 1. The number of ketones is 1. The molecule has 0 aliphatic heterocycles. The lowest BCUT2D eigenvalue weighted by atomic mass is 10.1. The third-order valence-electron chi connectivity index (χ3n) is 4.47. The Hall–Kier alpha value is -3.12. The van der Waals surface area contributed by atoms with Gasteiger partial charge >= 0.3 is 5.97 Å². The van der Waals surface area contributed by atoms with E-state index in [1.165, 1.54) is 0 Å². The Kier molecular flexibility index (Phi) is 6.34. The Morgan fingerprint density at radius 3 is 2.31 bits per heavy atom. The number of carbonyl (C=O) groups excluding carboxylic acids is 2. The van der Waals surface area contributed by atoms with Crippen LogP contribution in [0.5, 0.6) is 5.75 Å². The van der Waals surface area contributed by atoms with E-state index in [4.69, 9.17) is 21.1 Å². The smallest absolute Gasteiger partial charge is 0.343 e. The summed E-state index contributed by atoms with van der Waals surface area (Å²) in [5, 5.41) is 4.52. The van der Waals surface area contributed by atoms with Crippen molar-refractivity contribution in [2.75, 3.05) is 13.7 Å². The highest BCUT2D eigenvalue weighted by Crippen LogP contribution is 2.22. The molecule has 0 saturated carbocycles. The Bertz CT molecular complexity index is 1020. The molecule has 0 fully saturated rings. The molecule has 0 bridgehead atoms. The van der Waals surface area contributed by atoms with Crippen molar-refractivity contribution in [2.24, 2.45) is 0 Å². The fraction of sp³-hybridized carbons (Fsp3) is 0.227. The fourth-order valence-corrected chi connectivity index (χ4v) is 3.13. The molecule has 3 rings (SSSR count). The van der Waals surface area contributed by atoms with E-state index in [0.717, 1.165) is 11.1 Å². The summed E-state index contributed by atoms with van der Waals surface area (Å²) in [6.07, 6.45) is 0. The third kappa shape index (κ3) is 4.84. The monoisotopic (exact) mass is 412 g/mol. The Morgan fingerprint density at radius 1 is 1.03 bits per heavy atom. The predicted octanol–water partition coefficient (Wildman–Crippen LogP) is 4.25. The molecular formula is C22H21ClN2O4. The molecule has 29 heavy (non-hydrogen) atoms. The second-order valence-corrected chi connectivity index (χ2v) is 6.98. The fourth-order valence-electron chi connectivity index (χ4n) is 2.82. The van der Waals surface area contributed by atoms with Crippen molar-refractivity contribution in [1.29, 1.82) is 0 Å². The molecule has 0 amide bonds. The molecule has 0 radical (unpaired) electrons. The van der Waals surface area contributed by atoms with Gasteiger partial charge in [-0.3, -0.25) is 4.79 Å². The summed E-state index contributed by atoms with van der Waals surface area (Å²) in [7, 11) is 1.55. The molecular weight excluding hydrogens is 392 g/mol. The SMILES string of the molecule is COc1ccc(C(=O)COC(=O)c2c(C)nn(Cc3ccc(C)cc3)c2Cl)cc1. The van der Waals surface area contributed by atoms with Crippen LogP contribution in [0.1, 0.15) is 37.5 Å². The molecule has 0 aliphatic carbocycles. The van der Waals surface area contributed by atoms with Crippen molar-refractivity contribution in [3.63, 3.8) is 0 Å². The van der Waals surface area contributed by atoms with Gasteiger partial charge in [0.15, 0.2) is 12.4 Å². The van der Waals surface area contributed by atoms with Crippen molar-refractivity contribution < 1.29 is 19.1 Å². The van der Waals surface area contributed by atoms with Crippen LogP contribution in [-0.2, 0) is 11.3 Å². The van der Waals surface area contributed by atoms with Crippen LogP contribution in [0.4, 0.5) is 0 Å². The Labute approximate surface area is 174 Å². The summed E-state index contributed by atoms with van der Waals surface area (Å²) in [4.78, 5) is 24.8. The molecule has 2 aromatic carbocycles. The third-order valence-corrected chi connectivity index (χ3v) is 4.85. The van der Waals surface area contributed by atoms with E-state index < -0.39 is 5.97 Å². The number of hydrogen-bond acceptors (Lipinski definition) is 5. The first-order valence-corrected chi connectivity index (χ1v) is 9.39. The number of carbonyl (C=O) groups is 2. The van der Waals surface area contributed by atoms with E-state index in [9.17, 15) is 9.59 Å². The van der Waals surface area contributed by atoms with E-state index in [0.29, 0.717) is 23.6 Å². The maximum absolute atomic E-state index is 12.5. The largest absolute Gasteiger partial charge is 0.497 e. The number of rotatable bonds is 7. The summed E-state index contributed by atoms with van der Waals surface area (Å²) >= 11 is 6.37. The van der Waals surface area contributed by atoms with E-state index in [2.05, 4.69) is 5.10 Å². The highest BCUT2D eigenvalue weighted by Gasteiger charge is 2.22. The summed E-state index contributed by atoms with van der Waals surface area (Å²) in [6, 6.07) is 14.5. The average molecular weight is 413 g/mol. The van der Waals surface area contributed by atoms with Crippen LogP contribution in [0.2, 0.25) is 5.15 Å². The van der Waals surface area contributed by atoms with Crippen LogP contribution >= 0.6 is 11.6 Å². The lowest BCUT2D eigenvalue weighted by Crippen LogP contribution is -2.15. The van der Waals surface area contributed by atoms with Crippen molar-refractivity contribution >= 4 is 23.4 Å². The molecule has 0 saturated heterocycles. The summed E-state index contributed by atoms with van der Waals surface area (Å²) < 4.78 is 11.8. The van der Waals surface area contributed by atoms with Gasteiger partial charge in [0.2, 0.25) is 0 Å². The number of ether oxygens (including phenoxy) is 2. The molecule has 0 aliphatic rings. The Morgan fingerprint density at radius 2 is 1.69 bits per heavy atom. The molecule has 6 nitrogen and oxygen atoms in total. The lowest BCUT2D eigenvalue weighted by molar-refractivity contribution is 0.0474. The van der Waals surface area contributed by atoms with Crippen LogP contribution in [0.25, 0.3) is 0 Å². The predicted molar refractivity (Wildman–Crippen MR) is 110 cm³/mol. The molecule has 1 heterocycles. The minimum absolute atomic E-state index is 0.168. The van der Waals surface area contributed by atoms with Crippen LogP contribution in [-0.4, -0.2) is 35.2 Å². The number of benzene rings is 2. The van der Waals surface area contributed by atoms with Crippen molar-refractivity contribution in [3.05, 3.63) is 81.6 Å². The van der Waals surface area contributed by atoms with Gasteiger partial charge in [0, 0.05) is 5.56 Å². The van der Waals surface area contributed by atoms with Crippen LogP contribution in [0.15, 0.2) is 48.5 Å². The zero-order chi connectivity index (χ0) is 21.0. The van der Waals surface area contributed by atoms with Crippen molar-refractivity contribution in [2.45, 2.75) is 20.4 Å². The molecule has 0 N–H and O–H groups in total. The van der Waals surface area contributed by atoms with Gasteiger partial charge in [0.05, 0.1) is 19.3 Å². The van der Waals surface area contributed by atoms with Gasteiger partial charge < -0.3 is 9.47 Å². The second kappa shape index (κ2) is 8.92. The topological polar surface area (TPSA) is 70.4 Å². The van der Waals surface area contributed by atoms with Crippen LogP contribution in [0.3, 0.4) is 0 Å². The number of nitrogens with zero attached hydrogens (tertiary/aromatic N) is 2. The molecule has 3 aromatic rings. The average Bonchev–Trinajstić information content (AvgIpc) is 3.00. The number of aryl methyl sites for hydroxylation is 2. The zero-order valence-electron chi connectivity index (χ0n) is 16.4. The van der Waals surface area contributed by atoms with Crippen LogP contribution in [0, 0.1) is 13.8 Å². The quantitative estimate of drug-likeness (QED) is 0.428. The van der Waals surface area contributed by atoms with E-state index in [-0.39, 0.29) is 23.1 Å². The lowest BCUT2D eigenvalue weighted by Gasteiger charge is -2.06. The summed E-state index contributed by atoms with van der Waals surface area (Å²) in [6.45, 7) is 3.73. The van der Waals surface area contributed by atoms with Gasteiger partial charge in [-0.2, -0.15) is 5.10 Å². The molecule has 0 spiro atoms. The van der Waals surface area contributed by atoms with Gasteiger partial charge in [-0.1, -0.05) is 41.4 Å². The van der Waals surface area contributed by atoms with Gasteiger partial charge in [0.1, 0.15) is 16.5 Å². The molecule has 150 valence electrons. The van der Waals surface area contributed by atoms with Gasteiger partial charge in [0.25, 0.3) is 0 Å². The first-order valence-electron chi connectivity index (χ1n) is 9.02. The molecule has 7 heteroatoms. The second-order valence-electron chi connectivity index (χ2n) is 6.62. The van der Waals surface area contributed by atoms with Crippen molar-refractivity contribution in [3.8, 4) is 5.75 Å². The highest BCUT2D eigenvalue weighted by molar-refractivity contribution is 6.32. The van der Waals surface area contributed by atoms with E-state index >= 15 is 0 Å². The number of halogens is 1. The normalized spacial score (nSPS) is 10.6. The highest BCUT2D eigenvalue weighted by atomic mass is 35.5.